The van der Waals surface area contributed by atoms with Crippen LogP contribution in [0.3, 0.4) is 0 Å². The van der Waals surface area contributed by atoms with Crippen molar-refractivity contribution in [3.8, 4) is 6.07 Å². The lowest BCUT2D eigenvalue weighted by Gasteiger charge is -2.18. The summed E-state index contributed by atoms with van der Waals surface area (Å²) >= 11 is 5.81. The van der Waals surface area contributed by atoms with Crippen molar-refractivity contribution in [2.45, 2.75) is 19.4 Å². The Morgan fingerprint density at radius 1 is 1.57 bits per heavy atom. The third-order valence-electron chi connectivity index (χ3n) is 1.99. The Labute approximate surface area is 86.5 Å². The van der Waals surface area contributed by atoms with Crippen LogP contribution in [0.15, 0.2) is 12.1 Å². The maximum absolute atomic E-state index is 13.3. The summed E-state index contributed by atoms with van der Waals surface area (Å²) in [7, 11) is 0. The summed E-state index contributed by atoms with van der Waals surface area (Å²) in [4.78, 5) is 0. The second kappa shape index (κ2) is 3.56. The fourth-order valence-corrected chi connectivity index (χ4v) is 1.50. The van der Waals surface area contributed by atoms with Gasteiger partial charge >= 0.3 is 0 Å². The molecule has 0 aromatic heterocycles. The van der Waals surface area contributed by atoms with Crippen LogP contribution < -0.4 is 0 Å². The van der Waals surface area contributed by atoms with Crippen molar-refractivity contribution in [1.82, 2.24) is 0 Å². The van der Waals surface area contributed by atoms with Gasteiger partial charge in [-0.3, -0.25) is 0 Å². The van der Waals surface area contributed by atoms with E-state index in [1.165, 1.54) is 19.1 Å². The maximum Gasteiger partial charge on any atom is 0.178 e. The van der Waals surface area contributed by atoms with Gasteiger partial charge in [-0.05, 0) is 25.5 Å². The van der Waals surface area contributed by atoms with Gasteiger partial charge in [-0.2, -0.15) is 5.26 Å². The van der Waals surface area contributed by atoms with Gasteiger partial charge in [0.2, 0.25) is 0 Å². The lowest BCUT2D eigenvalue weighted by atomic mass is 9.95. The number of aliphatic hydroxyl groups is 1. The maximum atomic E-state index is 13.3. The standard InChI is InChI=1S/C10H9ClFNO/c1-6-3-4-7(12)8(9(6)11)10(2,14)5-13/h3-4,14H,1-2H3. The SMILES string of the molecule is Cc1ccc(F)c(C(C)(O)C#N)c1Cl. The zero-order valence-corrected chi connectivity index (χ0v) is 8.56. The van der Waals surface area contributed by atoms with Gasteiger partial charge in [-0.1, -0.05) is 17.7 Å². The van der Waals surface area contributed by atoms with E-state index in [4.69, 9.17) is 16.9 Å². The average Bonchev–Trinajstić information content (AvgIpc) is 2.12. The minimum atomic E-state index is -1.90. The first-order valence-electron chi connectivity index (χ1n) is 3.99. The summed E-state index contributed by atoms with van der Waals surface area (Å²) in [6.07, 6.45) is 0. The molecule has 1 rings (SSSR count). The third-order valence-corrected chi connectivity index (χ3v) is 2.48. The van der Waals surface area contributed by atoms with Gasteiger partial charge in [0.25, 0.3) is 0 Å². The fraction of sp³-hybridized carbons (Fsp3) is 0.300. The van der Waals surface area contributed by atoms with E-state index in [9.17, 15) is 9.50 Å². The number of hydrogen-bond acceptors (Lipinski definition) is 2. The number of halogens is 2. The molecule has 1 atom stereocenters. The second-order valence-electron chi connectivity index (χ2n) is 3.24. The van der Waals surface area contributed by atoms with E-state index in [0.29, 0.717) is 5.56 Å². The Morgan fingerprint density at radius 2 is 2.14 bits per heavy atom. The van der Waals surface area contributed by atoms with Crippen LogP contribution in [0.25, 0.3) is 0 Å². The fourth-order valence-electron chi connectivity index (χ4n) is 1.16. The number of rotatable bonds is 1. The molecule has 0 aliphatic rings. The number of nitrogens with zero attached hydrogens (tertiary/aromatic N) is 1. The van der Waals surface area contributed by atoms with E-state index in [0.717, 1.165) is 0 Å². The van der Waals surface area contributed by atoms with Gasteiger partial charge in [-0.15, -0.1) is 0 Å². The van der Waals surface area contributed by atoms with Crippen LogP contribution >= 0.6 is 11.6 Å². The lowest BCUT2D eigenvalue weighted by molar-refractivity contribution is 0.115. The molecule has 0 bridgehead atoms. The first-order chi connectivity index (χ1) is 6.40. The van der Waals surface area contributed by atoms with Crippen LogP contribution in [0.1, 0.15) is 18.1 Å². The predicted octanol–water partition coefficient (Wildman–Crippen LogP) is 2.52. The third kappa shape index (κ3) is 1.72. The molecule has 0 saturated carbocycles. The molecule has 74 valence electrons. The van der Waals surface area contributed by atoms with Crippen LogP contribution in [-0.4, -0.2) is 5.11 Å². The smallest absolute Gasteiger partial charge is 0.178 e. The largest absolute Gasteiger partial charge is 0.371 e. The predicted molar refractivity (Wildman–Crippen MR) is 51.3 cm³/mol. The summed E-state index contributed by atoms with van der Waals surface area (Å²) in [6, 6.07) is 4.28. The molecule has 4 heteroatoms. The van der Waals surface area contributed by atoms with Crippen molar-refractivity contribution in [2.24, 2.45) is 0 Å². The number of hydrogen-bond donors (Lipinski definition) is 1. The molecule has 1 N–H and O–H groups in total. The number of aryl methyl sites for hydroxylation is 1. The van der Waals surface area contributed by atoms with Gasteiger partial charge < -0.3 is 5.11 Å². The van der Waals surface area contributed by atoms with E-state index in [-0.39, 0.29) is 10.6 Å². The Morgan fingerprint density at radius 3 is 2.64 bits per heavy atom. The van der Waals surface area contributed by atoms with Gasteiger partial charge in [0.15, 0.2) is 5.60 Å². The molecule has 0 heterocycles. The van der Waals surface area contributed by atoms with Crippen LogP contribution in [0.5, 0.6) is 0 Å². The first-order valence-corrected chi connectivity index (χ1v) is 4.36. The summed E-state index contributed by atoms with van der Waals surface area (Å²) < 4.78 is 13.3. The first kappa shape index (κ1) is 11.0. The van der Waals surface area contributed by atoms with Crippen molar-refractivity contribution in [3.05, 3.63) is 34.1 Å². The van der Waals surface area contributed by atoms with Crippen LogP contribution in [-0.2, 0) is 5.60 Å². The summed E-state index contributed by atoms with van der Waals surface area (Å²) in [5.41, 5.74) is -1.44. The summed E-state index contributed by atoms with van der Waals surface area (Å²) in [6.45, 7) is 2.88. The molecule has 0 spiro atoms. The molecule has 1 aromatic carbocycles. The van der Waals surface area contributed by atoms with Crippen LogP contribution in [0, 0.1) is 24.1 Å². The number of nitriles is 1. The molecule has 0 radical (unpaired) electrons. The topological polar surface area (TPSA) is 44.0 Å². The molecule has 1 aromatic rings. The Hall–Kier alpha value is -1.11. The highest BCUT2D eigenvalue weighted by Crippen LogP contribution is 2.32. The minimum Gasteiger partial charge on any atom is -0.371 e. The molecule has 0 aliphatic heterocycles. The van der Waals surface area contributed by atoms with Crippen molar-refractivity contribution in [2.75, 3.05) is 0 Å². The quantitative estimate of drug-likeness (QED) is 0.729. The second-order valence-corrected chi connectivity index (χ2v) is 3.62. The molecule has 0 fully saturated rings. The highest BCUT2D eigenvalue weighted by Gasteiger charge is 2.29. The van der Waals surface area contributed by atoms with Gasteiger partial charge in [0.1, 0.15) is 11.9 Å². The minimum absolute atomic E-state index is 0.0940. The van der Waals surface area contributed by atoms with E-state index < -0.39 is 11.4 Å². The molecule has 1 unspecified atom stereocenters. The molecule has 14 heavy (non-hydrogen) atoms. The van der Waals surface area contributed by atoms with Crippen molar-refractivity contribution < 1.29 is 9.50 Å². The summed E-state index contributed by atoms with van der Waals surface area (Å²) in [5.74, 6) is -0.674. The van der Waals surface area contributed by atoms with Gasteiger partial charge in [0.05, 0.1) is 10.6 Å². The Bertz CT molecular complexity index is 409. The average molecular weight is 214 g/mol. The van der Waals surface area contributed by atoms with E-state index in [1.807, 2.05) is 0 Å². The van der Waals surface area contributed by atoms with Crippen molar-refractivity contribution >= 4 is 11.6 Å². The van der Waals surface area contributed by atoms with Crippen molar-refractivity contribution in [3.63, 3.8) is 0 Å². The van der Waals surface area contributed by atoms with Gasteiger partial charge in [-0.25, -0.2) is 4.39 Å². The molecule has 0 amide bonds. The number of benzene rings is 1. The molecule has 0 aliphatic carbocycles. The highest BCUT2D eigenvalue weighted by molar-refractivity contribution is 6.32. The molecular formula is C10H9ClFNO. The van der Waals surface area contributed by atoms with E-state index in [2.05, 4.69) is 0 Å². The van der Waals surface area contributed by atoms with E-state index in [1.54, 1.807) is 13.0 Å². The van der Waals surface area contributed by atoms with Crippen molar-refractivity contribution in [1.29, 1.82) is 5.26 Å². The zero-order valence-electron chi connectivity index (χ0n) is 7.81. The van der Waals surface area contributed by atoms with Crippen LogP contribution in [0.4, 0.5) is 4.39 Å². The Balaban J connectivity index is 3.49. The molecule has 0 saturated heterocycles. The van der Waals surface area contributed by atoms with Crippen LogP contribution in [0.2, 0.25) is 5.02 Å². The molecule has 2 nitrogen and oxygen atoms in total. The monoisotopic (exact) mass is 213 g/mol. The van der Waals surface area contributed by atoms with E-state index >= 15 is 0 Å². The Kier molecular flexibility index (Phi) is 2.79. The normalized spacial score (nSPS) is 14.6. The lowest BCUT2D eigenvalue weighted by Crippen LogP contribution is -2.21. The highest BCUT2D eigenvalue weighted by atomic mass is 35.5. The summed E-state index contributed by atoms with van der Waals surface area (Å²) in [5, 5.41) is 18.4. The van der Waals surface area contributed by atoms with Gasteiger partial charge in [0, 0.05) is 0 Å². The zero-order chi connectivity index (χ0) is 10.9. The molecular weight excluding hydrogens is 205 g/mol.